The predicted molar refractivity (Wildman–Crippen MR) is 67.5 cm³/mol. The minimum Gasteiger partial charge on any atom is -0.398 e. The molecule has 0 fully saturated rings. The van der Waals surface area contributed by atoms with Gasteiger partial charge in [0.15, 0.2) is 5.78 Å². The van der Waals surface area contributed by atoms with Crippen molar-refractivity contribution in [1.29, 1.82) is 0 Å². The lowest BCUT2D eigenvalue weighted by molar-refractivity contribution is 0.0992. The summed E-state index contributed by atoms with van der Waals surface area (Å²) in [6, 6.07) is 5.61. The smallest absolute Gasteiger partial charge is 0.167 e. The second-order valence-electron chi connectivity index (χ2n) is 3.91. The fraction of sp³-hybridized carbons (Fsp3) is 0.0769. The van der Waals surface area contributed by atoms with Gasteiger partial charge in [-0.25, -0.2) is 4.39 Å². The molecular formula is C13H12FN3O. The van der Waals surface area contributed by atoms with Crippen LogP contribution in [0.25, 0.3) is 0 Å². The molecule has 0 radical (unpaired) electrons. The maximum absolute atomic E-state index is 13.2. The second kappa shape index (κ2) is 4.83. The SMILES string of the molecule is Nc1ccc(C(=O)Cc2cnccc2N)cc1F. The number of nitrogen functional groups attached to an aromatic ring is 2. The van der Waals surface area contributed by atoms with Crippen LogP contribution in [0, 0.1) is 5.82 Å². The summed E-state index contributed by atoms with van der Waals surface area (Å²) in [6.07, 6.45) is 3.16. The molecule has 0 bridgehead atoms. The number of rotatable bonds is 3. The normalized spacial score (nSPS) is 10.3. The first-order valence-electron chi connectivity index (χ1n) is 5.34. The third-order valence-electron chi connectivity index (χ3n) is 2.61. The number of ketones is 1. The van der Waals surface area contributed by atoms with Gasteiger partial charge in [0.05, 0.1) is 5.69 Å². The largest absolute Gasteiger partial charge is 0.398 e. The van der Waals surface area contributed by atoms with Crippen LogP contribution < -0.4 is 11.5 Å². The van der Waals surface area contributed by atoms with Gasteiger partial charge in [-0.2, -0.15) is 0 Å². The van der Waals surface area contributed by atoms with Crippen molar-refractivity contribution in [3.8, 4) is 0 Å². The standard InChI is InChI=1S/C13H12FN3O/c14-10-5-8(1-2-12(10)16)13(18)6-9-7-17-4-3-11(9)15/h1-5,7H,6,16H2,(H2,15,17). The fourth-order valence-corrected chi connectivity index (χ4v) is 1.56. The zero-order chi connectivity index (χ0) is 13.1. The number of anilines is 2. The van der Waals surface area contributed by atoms with Crippen molar-refractivity contribution in [2.75, 3.05) is 11.5 Å². The molecule has 5 heteroatoms. The lowest BCUT2D eigenvalue weighted by atomic mass is 10.0. The molecule has 0 spiro atoms. The Balaban J connectivity index is 2.22. The highest BCUT2D eigenvalue weighted by Crippen LogP contribution is 2.16. The molecule has 0 aliphatic carbocycles. The Kier molecular flexibility index (Phi) is 3.23. The maximum atomic E-state index is 13.2. The Labute approximate surface area is 103 Å². The molecule has 2 aromatic rings. The van der Waals surface area contributed by atoms with E-state index < -0.39 is 5.82 Å². The van der Waals surface area contributed by atoms with Gasteiger partial charge in [-0.15, -0.1) is 0 Å². The van der Waals surface area contributed by atoms with E-state index in [2.05, 4.69) is 4.98 Å². The number of carbonyl (C=O) groups excluding carboxylic acids is 1. The third kappa shape index (κ3) is 2.45. The van der Waals surface area contributed by atoms with Crippen LogP contribution in [-0.2, 0) is 6.42 Å². The van der Waals surface area contributed by atoms with E-state index in [0.29, 0.717) is 11.3 Å². The topological polar surface area (TPSA) is 82.0 Å². The van der Waals surface area contributed by atoms with Gasteiger partial charge in [0, 0.05) is 35.6 Å². The van der Waals surface area contributed by atoms with Gasteiger partial charge in [-0.05, 0) is 24.3 Å². The molecule has 92 valence electrons. The predicted octanol–water partition coefficient (Wildman–Crippen LogP) is 1.81. The number of pyridine rings is 1. The average molecular weight is 245 g/mol. The monoisotopic (exact) mass is 245 g/mol. The summed E-state index contributed by atoms with van der Waals surface area (Å²) in [4.78, 5) is 15.8. The van der Waals surface area contributed by atoms with E-state index in [1.165, 1.54) is 18.3 Å². The lowest BCUT2D eigenvalue weighted by Gasteiger charge is -2.05. The van der Waals surface area contributed by atoms with E-state index in [9.17, 15) is 9.18 Å². The van der Waals surface area contributed by atoms with Crippen LogP contribution >= 0.6 is 0 Å². The molecule has 0 amide bonds. The quantitative estimate of drug-likeness (QED) is 0.638. The van der Waals surface area contributed by atoms with Gasteiger partial charge < -0.3 is 11.5 Å². The first kappa shape index (κ1) is 12.0. The van der Waals surface area contributed by atoms with Crippen LogP contribution in [0.2, 0.25) is 0 Å². The summed E-state index contributed by atoms with van der Waals surface area (Å²) in [5, 5.41) is 0. The van der Waals surface area contributed by atoms with Crippen molar-refractivity contribution in [1.82, 2.24) is 4.98 Å². The molecule has 0 aliphatic rings. The van der Waals surface area contributed by atoms with E-state index >= 15 is 0 Å². The Morgan fingerprint density at radius 3 is 2.67 bits per heavy atom. The van der Waals surface area contributed by atoms with Crippen molar-refractivity contribution in [3.63, 3.8) is 0 Å². The van der Waals surface area contributed by atoms with E-state index in [4.69, 9.17) is 11.5 Å². The van der Waals surface area contributed by atoms with Crippen molar-refractivity contribution in [2.45, 2.75) is 6.42 Å². The van der Waals surface area contributed by atoms with E-state index in [-0.39, 0.29) is 23.5 Å². The molecule has 0 unspecified atom stereocenters. The maximum Gasteiger partial charge on any atom is 0.167 e. The summed E-state index contributed by atoms with van der Waals surface area (Å²) in [6.45, 7) is 0. The Hall–Kier alpha value is -2.43. The Bertz CT molecular complexity index is 599. The Morgan fingerprint density at radius 2 is 2.00 bits per heavy atom. The minimum absolute atomic E-state index is 0.0208. The number of hydrogen-bond donors (Lipinski definition) is 2. The fourth-order valence-electron chi connectivity index (χ4n) is 1.56. The molecule has 1 heterocycles. The molecule has 1 aromatic carbocycles. The molecule has 18 heavy (non-hydrogen) atoms. The molecule has 1 aromatic heterocycles. The summed E-state index contributed by atoms with van der Waals surface area (Å²) in [5.41, 5.74) is 12.5. The number of hydrogen-bond acceptors (Lipinski definition) is 4. The van der Waals surface area contributed by atoms with Crippen LogP contribution in [0.15, 0.2) is 36.7 Å². The van der Waals surface area contributed by atoms with E-state index in [1.54, 1.807) is 12.3 Å². The van der Waals surface area contributed by atoms with Crippen LogP contribution in [-0.4, -0.2) is 10.8 Å². The third-order valence-corrected chi connectivity index (χ3v) is 2.61. The number of carbonyl (C=O) groups is 1. The molecule has 0 saturated heterocycles. The number of nitrogens with two attached hydrogens (primary N) is 2. The highest BCUT2D eigenvalue weighted by Gasteiger charge is 2.11. The highest BCUT2D eigenvalue weighted by molar-refractivity contribution is 5.98. The van der Waals surface area contributed by atoms with Gasteiger partial charge in [-0.1, -0.05) is 0 Å². The summed E-state index contributed by atoms with van der Waals surface area (Å²) >= 11 is 0. The van der Waals surface area contributed by atoms with Crippen molar-refractivity contribution in [3.05, 3.63) is 53.6 Å². The highest BCUT2D eigenvalue weighted by atomic mass is 19.1. The summed E-state index contributed by atoms with van der Waals surface area (Å²) < 4.78 is 13.2. The van der Waals surface area contributed by atoms with Gasteiger partial charge in [0.1, 0.15) is 5.82 Å². The zero-order valence-electron chi connectivity index (χ0n) is 9.56. The van der Waals surface area contributed by atoms with Crippen molar-refractivity contribution >= 4 is 17.2 Å². The molecule has 4 nitrogen and oxygen atoms in total. The van der Waals surface area contributed by atoms with Gasteiger partial charge >= 0.3 is 0 Å². The van der Waals surface area contributed by atoms with Crippen molar-refractivity contribution in [2.24, 2.45) is 0 Å². The van der Waals surface area contributed by atoms with Crippen LogP contribution in [0.5, 0.6) is 0 Å². The number of benzene rings is 1. The number of aromatic nitrogens is 1. The number of nitrogens with zero attached hydrogens (tertiary/aromatic N) is 1. The van der Waals surface area contributed by atoms with Gasteiger partial charge in [0.2, 0.25) is 0 Å². The summed E-state index contributed by atoms with van der Waals surface area (Å²) in [7, 11) is 0. The minimum atomic E-state index is -0.597. The molecular weight excluding hydrogens is 233 g/mol. The summed E-state index contributed by atoms with van der Waals surface area (Å²) in [5.74, 6) is -0.825. The van der Waals surface area contributed by atoms with Crippen molar-refractivity contribution < 1.29 is 9.18 Å². The van der Waals surface area contributed by atoms with Gasteiger partial charge in [-0.3, -0.25) is 9.78 Å². The van der Waals surface area contributed by atoms with E-state index in [0.717, 1.165) is 6.07 Å². The first-order chi connectivity index (χ1) is 8.58. The zero-order valence-corrected chi connectivity index (χ0v) is 9.56. The van der Waals surface area contributed by atoms with Gasteiger partial charge in [0.25, 0.3) is 0 Å². The Morgan fingerprint density at radius 1 is 1.22 bits per heavy atom. The molecule has 4 N–H and O–H groups in total. The first-order valence-corrected chi connectivity index (χ1v) is 5.34. The number of Topliss-reactive ketones (excluding diaryl/α,β-unsaturated/α-hetero) is 1. The number of halogens is 1. The van der Waals surface area contributed by atoms with E-state index in [1.807, 2.05) is 0 Å². The molecule has 2 rings (SSSR count). The molecule has 0 saturated carbocycles. The molecule has 0 atom stereocenters. The average Bonchev–Trinajstić information content (AvgIpc) is 2.35. The second-order valence-corrected chi connectivity index (χ2v) is 3.91. The van der Waals surface area contributed by atoms with Crippen LogP contribution in [0.4, 0.5) is 15.8 Å². The van der Waals surface area contributed by atoms with Crippen LogP contribution in [0.1, 0.15) is 15.9 Å². The van der Waals surface area contributed by atoms with Crippen LogP contribution in [0.3, 0.4) is 0 Å². The molecule has 0 aliphatic heterocycles. The lowest BCUT2D eigenvalue weighted by Crippen LogP contribution is -2.07.